The van der Waals surface area contributed by atoms with Crippen LogP contribution in [0, 0.1) is 11.8 Å². The van der Waals surface area contributed by atoms with Crippen molar-refractivity contribution in [2.45, 2.75) is 118 Å². The van der Waals surface area contributed by atoms with Crippen molar-refractivity contribution in [1.29, 1.82) is 0 Å². The molecule has 0 aliphatic heterocycles. The molecule has 0 rings (SSSR count). The third kappa shape index (κ3) is 16.1. The molecular weight excluding hydrogens is 240 g/mol. The summed E-state index contributed by atoms with van der Waals surface area (Å²) >= 11 is 0. The molecule has 0 aliphatic rings. The molecule has 0 aromatic heterocycles. The summed E-state index contributed by atoms with van der Waals surface area (Å²) in [5.74, 6) is 2.53. The topological polar surface area (TPSA) is 0 Å². The van der Waals surface area contributed by atoms with Crippen molar-refractivity contribution in [2.24, 2.45) is 5.92 Å². The second-order valence-corrected chi connectivity index (χ2v) is 7.18. The van der Waals surface area contributed by atoms with E-state index in [9.17, 15) is 0 Å². The van der Waals surface area contributed by atoms with Gasteiger partial charge in [0, 0.05) is 0 Å². The Morgan fingerprint density at radius 1 is 0.650 bits per heavy atom. The minimum atomic E-state index is 0.934. The standard InChI is InChI=1S/C20H41/c1-5-6-7-8-9-10-11-12-13-14-15-16-20(4)18-17-19(2)3/h20H,5-18H2,1-4H3. The molecule has 1 unspecified atom stereocenters. The first-order valence-electron chi connectivity index (χ1n) is 9.45. The van der Waals surface area contributed by atoms with Crippen LogP contribution < -0.4 is 0 Å². The van der Waals surface area contributed by atoms with Crippen LogP contribution in [0.5, 0.6) is 0 Å². The van der Waals surface area contributed by atoms with Gasteiger partial charge in [-0.15, -0.1) is 0 Å². The van der Waals surface area contributed by atoms with E-state index in [1.165, 1.54) is 89.9 Å². The molecule has 0 aromatic carbocycles. The Balaban J connectivity index is 3.09. The summed E-state index contributed by atoms with van der Waals surface area (Å²) in [6.45, 7) is 9.24. The second kappa shape index (κ2) is 15.4. The predicted molar refractivity (Wildman–Crippen MR) is 94.1 cm³/mol. The molecule has 0 saturated carbocycles. The number of unbranched alkanes of at least 4 members (excludes halogenated alkanes) is 10. The van der Waals surface area contributed by atoms with Crippen LogP contribution in [0.2, 0.25) is 0 Å². The van der Waals surface area contributed by atoms with E-state index in [0.29, 0.717) is 0 Å². The summed E-state index contributed by atoms with van der Waals surface area (Å²) in [4.78, 5) is 0. The summed E-state index contributed by atoms with van der Waals surface area (Å²) < 4.78 is 0. The highest BCUT2D eigenvalue weighted by Gasteiger charge is 2.03. The molecule has 0 nitrogen and oxygen atoms in total. The van der Waals surface area contributed by atoms with E-state index in [-0.39, 0.29) is 0 Å². The molecule has 1 atom stereocenters. The lowest BCUT2D eigenvalue weighted by atomic mass is 9.94. The van der Waals surface area contributed by atoms with Crippen LogP contribution in [-0.2, 0) is 0 Å². The third-order valence-corrected chi connectivity index (χ3v) is 4.44. The lowest BCUT2D eigenvalue weighted by Crippen LogP contribution is -1.97. The zero-order valence-corrected chi connectivity index (χ0v) is 15.0. The Hall–Kier alpha value is 0. The molecule has 121 valence electrons. The molecule has 0 amide bonds. The van der Waals surface area contributed by atoms with Crippen molar-refractivity contribution < 1.29 is 0 Å². The number of rotatable bonds is 15. The molecule has 0 bridgehead atoms. The summed E-state index contributed by atoms with van der Waals surface area (Å²) in [7, 11) is 0. The minimum absolute atomic E-state index is 0.934. The Morgan fingerprint density at radius 2 is 1.10 bits per heavy atom. The van der Waals surface area contributed by atoms with Crippen LogP contribution in [0.4, 0.5) is 0 Å². The molecule has 20 heavy (non-hydrogen) atoms. The second-order valence-electron chi connectivity index (χ2n) is 7.18. The average molecular weight is 282 g/mol. The molecule has 0 heteroatoms. The van der Waals surface area contributed by atoms with Gasteiger partial charge >= 0.3 is 0 Å². The van der Waals surface area contributed by atoms with Gasteiger partial charge in [0.1, 0.15) is 0 Å². The van der Waals surface area contributed by atoms with Crippen molar-refractivity contribution in [2.75, 3.05) is 0 Å². The first kappa shape index (κ1) is 20.0. The fourth-order valence-corrected chi connectivity index (χ4v) is 2.84. The maximum absolute atomic E-state index is 2.43. The van der Waals surface area contributed by atoms with Crippen LogP contribution in [0.15, 0.2) is 0 Å². The van der Waals surface area contributed by atoms with E-state index >= 15 is 0 Å². The van der Waals surface area contributed by atoms with Crippen LogP contribution in [-0.4, -0.2) is 0 Å². The molecule has 1 radical (unpaired) electrons. The first-order chi connectivity index (χ1) is 9.66. The Labute approximate surface area is 130 Å². The zero-order chi connectivity index (χ0) is 15.1. The molecule has 0 spiro atoms. The summed E-state index contributed by atoms with van der Waals surface area (Å²) in [5, 5.41) is 0. The van der Waals surface area contributed by atoms with Crippen LogP contribution in [0.1, 0.15) is 118 Å². The van der Waals surface area contributed by atoms with Crippen LogP contribution >= 0.6 is 0 Å². The molecule has 0 N–H and O–H groups in total. The zero-order valence-electron chi connectivity index (χ0n) is 15.0. The van der Waals surface area contributed by atoms with E-state index in [0.717, 1.165) is 5.92 Å². The van der Waals surface area contributed by atoms with Gasteiger partial charge < -0.3 is 0 Å². The molecule has 0 saturated heterocycles. The summed E-state index contributed by atoms with van der Waals surface area (Å²) in [6, 6.07) is 0. The molecule has 0 aliphatic carbocycles. The highest BCUT2D eigenvalue weighted by Crippen LogP contribution is 2.19. The first-order valence-corrected chi connectivity index (χ1v) is 9.45. The largest absolute Gasteiger partial charge is 0.0654 e. The highest BCUT2D eigenvalue weighted by atomic mass is 14.1. The Kier molecular flexibility index (Phi) is 15.4. The Morgan fingerprint density at radius 3 is 1.55 bits per heavy atom. The maximum atomic E-state index is 2.43. The van der Waals surface area contributed by atoms with Crippen molar-refractivity contribution in [3.05, 3.63) is 5.92 Å². The van der Waals surface area contributed by atoms with Crippen molar-refractivity contribution in [1.82, 2.24) is 0 Å². The lowest BCUT2D eigenvalue weighted by Gasteiger charge is -2.12. The smallest absolute Gasteiger partial charge is 0.0303 e. The van der Waals surface area contributed by atoms with Gasteiger partial charge in [-0.2, -0.15) is 0 Å². The third-order valence-electron chi connectivity index (χ3n) is 4.44. The minimum Gasteiger partial charge on any atom is -0.0654 e. The normalized spacial score (nSPS) is 13.1. The quantitative estimate of drug-likeness (QED) is 0.269. The van der Waals surface area contributed by atoms with E-state index in [2.05, 4.69) is 27.7 Å². The van der Waals surface area contributed by atoms with Gasteiger partial charge in [-0.25, -0.2) is 0 Å². The van der Waals surface area contributed by atoms with Gasteiger partial charge in [-0.05, 0) is 18.3 Å². The van der Waals surface area contributed by atoms with E-state index in [1.54, 1.807) is 5.92 Å². The van der Waals surface area contributed by atoms with Crippen molar-refractivity contribution >= 4 is 0 Å². The summed E-state index contributed by atoms with van der Waals surface area (Å²) in [5.41, 5.74) is 0. The number of hydrogen-bond acceptors (Lipinski definition) is 0. The van der Waals surface area contributed by atoms with Gasteiger partial charge in [0.25, 0.3) is 0 Å². The maximum Gasteiger partial charge on any atom is -0.0303 e. The van der Waals surface area contributed by atoms with Crippen LogP contribution in [0.3, 0.4) is 0 Å². The lowest BCUT2D eigenvalue weighted by molar-refractivity contribution is 0.446. The number of hydrogen-bond donors (Lipinski definition) is 0. The highest BCUT2D eigenvalue weighted by molar-refractivity contribution is 4.77. The monoisotopic (exact) mass is 281 g/mol. The van der Waals surface area contributed by atoms with E-state index in [4.69, 9.17) is 0 Å². The van der Waals surface area contributed by atoms with Gasteiger partial charge in [0.2, 0.25) is 0 Å². The van der Waals surface area contributed by atoms with Crippen molar-refractivity contribution in [3.8, 4) is 0 Å². The van der Waals surface area contributed by atoms with Gasteiger partial charge in [-0.1, -0.05) is 111 Å². The van der Waals surface area contributed by atoms with E-state index < -0.39 is 0 Å². The molecule has 0 heterocycles. The van der Waals surface area contributed by atoms with Crippen LogP contribution in [0.25, 0.3) is 0 Å². The molecular formula is C20H41. The van der Waals surface area contributed by atoms with Crippen molar-refractivity contribution in [3.63, 3.8) is 0 Å². The van der Waals surface area contributed by atoms with E-state index in [1.807, 2.05) is 0 Å². The fourth-order valence-electron chi connectivity index (χ4n) is 2.84. The average Bonchev–Trinajstić information content (AvgIpc) is 2.42. The fraction of sp³-hybridized carbons (Fsp3) is 0.950. The molecule has 0 aromatic rings. The molecule has 0 fully saturated rings. The predicted octanol–water partition coefficient (Wildman–Crippen LogP) is 7.72. The summed E-state index contributed by atoms with van der Waals surface area (Å²) in [6.07, 6.45) is 20.2. The van der Waals surface area contributed by atoms with Gasteiger partial charge in [0.05, 0.1) is 0 Å². The SMILES string of the molecule is CCCCCCCCCCCCCC(C)CC[C](C)C. The Bertz CT molecular complexity index is 171. The van der Waals surface area contributed by atoms with Gasteiger partial charge in [0.15, 0.2) is 0 Å². The van der Waals surface area contributed by atoms with Gasteiger partial charge in [-0.3, -0.25) is 0 Å².